The van der Waals surface area contributed by atoms with Crippen LogP contribution in [0.15, 0.2) is 10.6 Å². The first kappa shape index (κ1) is 12.6. The van der Waals surface area contributed by atoms with Gasteiger partial charge in [0.15, 0.2) is 5.76 Å². The van der Waals surface area contributed by atoms with Gasteiger partial charge in [-0.05, 0) is 6.42 Å². The Morgan fingerprint density at radius 3 is 2.88 bits per heavy atom. The van der Waals surface area contributed by atoms with Crippen LogP contribution in [-0.2, 0) is 11.3 Å². The predicted molar refractivity (Wildman–Crippen MR) is 65.9 cm³/mol. The van der Waals surface area contributed by atoms with E-state index in [0.717, 1.165) is 44.3 Å². The van der Waals surface area contributed by atoms with Gasteiger partial charge in [0.25, 0.3) is 0 Å². The van der Waals surface area contributed by atoms with E-state index in [4.69, 9.17) is 9.26 Å². The zero-order valence-electron chi connectivity index (χ0n) is 10.8. The van der Waals surface area contributed by atoms with E-state index in [1.54, 1.807) is 0 Å². The summed E-state index contributed by atoms with van der Waals surface area (Å²) in [6.45, 7) is 8.89. The van der Waals surface area contributed by atoms with Gasteiger partial charge < -0.3 is 9.26 Å². The van der Waals surface area contributed by atoms with Crippen LogP contribution in [0.4, 0.5) is 0 Å². The molecule has 1 saturated heterocycles. The van der Waals surface area contributed by atoms with Crippen LogP contribution < -0.4 is 0 Å². The van der Waals surface area contributed by atoms with Crippen molar-refractivity contribution in [3.63, 3.8) is 0 Å². The molecule has 0 aromatic carbocycles. The van der Waals surface area contributed by atoms with Crippen molar-refractivity contribution in [2.75, 3.05) is 26.3 Å². The molecule has 17 heavy (non-hydrogen) atoms. The minimum absolute atomic E-state index is 0.502. The van der Waals surface area contributed by atoms with Crippen LogP contribution in [0.2, 0.25) is 0 Å². The van der Waals surface area contributed by atoms with Gasteiger partial charge in [0.2, 0.25) is 0 Å². The molecule has 4 nitrogen and oxygen atoms in total. The molecule has 1 aromatic rings. The van der Waals surface area contributed by atoms with E-state index in [-0.39, 0.29) is 0 Å². The quantitative estimate of drug-likeness (QED) is 0.789. The standard InChI is InChI=1S/C13H22N2O2/c1-3-4-11(2)13-9-12(17-14-13)10-15-5-7-16-8-6-15/h9,11H,3-8,10H2,1-2H3. The summed E-state index contributed by atoms with van der Waals surface area (Å²) < 4.78 is 10.7. The molecule has 0 aliphatic carbocycles. The molecular weight excluding hydrogens is 216 g/mol. The second-order valence-corrected chi connectivity index (χ2v) is 4.80. The summed E-state index contributed by atoms with van der Waals surface area (Å²) in [5, 5.41) is 4.17. The Hall–Kier alpha value is -0.870. The van der Waals surface area contributed by atoms with E-state index in [1.165, 1.54) is 12.8 Å². The molecule has 1 aliphatic rings. The van der Waals surface area contributed by atoms with E-state index >= 15 is 0 Å². The lowest BCUT2D eigenvalue weighted by Gasteiger charge is -2.25. The molecule has 96 valence electrons. The maximum absolute atomic E-state index is 5.40. The van der Waals surface area contributed by atoms with E-state index in [1.807, 2.05) is 0 Å². The summed E-state index contributed by atoms with van der Waals surface area (Å²) in [7, 11) is 0. The molecule has 0 N–H and O–H groups in total. The van der Waals surface area contributed by atoms with E-state index in [0.29, 0.717) is 5.92 Å². The Bertz CT molecular complexity index is 332. The number of hydrogen-bond donors (Lipinski definition) is 0. The molecule has 0 bridgehead atoms. The Labute approximate surface area is 103 Å². The third-order valence-electron chi connectivity index (χ3n) is 3.29. The lowest BCUT2D eigenvalue weighted by atomic mass is 10.0. The highest BCUT2D eigenvalue weighted by Gasteiger charge is 2.15. The molecule has 1 fully saturated rings. The van der Waals surface area contributed by atoms with Crippen LogP contribution in [0.25, 0.3) is 0 Å². The van der Waals surface area contributed by atoms with E-state index in [9.17, 15) is 0 Å². The van der Waals surface area contributed by atoms with Crippen LogP contribution in [0.3, 0.4) is 0 Å². The maximum Gasteiger partial charge on any atom is 0.150 e. The zero-order chi connectivity index (χ0) is 12.1. The van der Waals surface area contributed by atoms with Gasteiger partial charge in [0.05, 0.1) is 25.5 Å². The van der Waals surface area contributed by atoms with Crippen molar-refractivity contribution in [1.82, 2.24) is 10.1 Å². The van der Waals surface area contributed by atoms with E-state index < -0.39 is 0 Å². The van der Waals surface area contributed by atoms with Crippen LogP contribution >= 0.6 is 0 Å². The Morgan fingerprint density at radius 2 is 2.18 bits per heavy atom. The van der Waals surface area contributed by atoms with Crippen LogP contribution in [-0.4, -0.2) is 36.4 Å². The summed E-state index contributed by atoms with van der Waals surface area (Å²) in [4.78, 5) is 2.35. The van der Waals surface area contributed by atoms with Gasteiger partial charge in [-0.1, -0.05) is 25.4 Å². The fourth-order valence-corrected chi connectivity index (χ4v) is 2.20. The number of nitrogens with zero attached hydrogens (tertiary/aromatic N) is 2. The lowest BCUT2D eigenvalue weighted by molar-refractivity contribution is 0.0305. The highest BCUT2D eigenvalue weighted by atomic mass is 16.5. The van der Waals surface area contributed by atoms with Gasteiger partial charge in [-0.25, -0.2) is 0 Å². The number of hydrogen-bond acceptors (Lipinski definition) is 4. The fraction of sp³-hybridized carbons (Fsp3) is 0.769. The molecule has 0 saturated carbocycles. The molecule has 4 heteroatoms. The summed E-state index contributed by atoms with van der Waals surface area (Å²) in [6.07, 6.45) is 2.36. The summed E-state index contributed by atoms with van der Waals surface area (Å²) in [6, 6.07) is 2.11. The molecule has 0 radical (unpaired) electrons. The molecule has 1 aromatic heterocycles. The number of rotatable bonds is 5. The van der Waals surface area contributed by atoms with Gasteiger partial charge in [-0.2, -0.15) is 0 Å². The molecule has 2 rings (SSSR count). The summed E-state index contributed by atoms with van der Waals surface area (Å²) in [5.74, 6) is 1.48. The minimum atomic E-state index is 0.502. The monoisotopic (exact) mass is 238 g/mol. The van der Waals surface area contributed by atoms with Gasteiger partial charge in [0, 0.05) is 25.1 Å². The first-order chi connectivity index (χ1) is 8.29. The topological polar surface area (TPSA) is 38.5 Å². The molecule has 0 spiro atoms. The number of aromatic nitrogens is 1. The highest BCUT2D eigenvalue weighted by molar-refractivity contribution is 5.09. The molecule has 1 unspecified atom stereocenters. The summed E-state index contributed by atoms with van der Waals surface area (Å²) in [5.41, 5.74) is 1.09. The van der Waals surface area contributed by atoms with Gasteiger partial charge in [-0.3, -0.25) is 4.90 Å². The second kappa shape index (κ2) is 6.17. The van der Waals surface area contributed by atoms with Crippen LogP contribution in [0.1, 0.15) is 44.1 Å². The van der Waals surface area contributed by atoms with Crippen molar-refractivity contribution < 1.29 is 9.26 Å². The molecular formula is C13H22N2O2. The second-order valence-electron chi connectivity index (χ2n) is 4.80. The van der Waals surface area contributed by atoms with Crippen LogP contribution in [0, 0.1) is 0 Å². The van der Waals surface area contributed by atoms with E-state index in [2.05, 4.69) is 30.0 Å². The molecule has 1 aliphatic heterocycles. The van der Waals surface area contributed by atoms with Gasteiger partial charge in [0.1, 0.15) is 0 Å². The number of morpholine rings is 1. The smallest absolute Gasteiger partial charge is 0.150 e. The van der Waals surface area contributed by atoms with Crippen molar-refractivity contribution in [1.29, 1.82) is 0 Å². The summed E-state index contributed by atoms with van der Waals surface area (Å²) >= 11 is 0. The Kier molecular flexibility index (Phi) is 4.57. The molecule has 1 atom stereocenters. The minimum Gasteiger partial charge on any atom is -0.379 e. The van der Waals surface area contributed by atoms with Crippen molar-refractivity contribution in [3.8, 4) is 0 Å². The molecule has 2 heterocycles. The van der Waals surface area contributed by atoms with Gasteiger partial charge >= 0.3 is 0 Å². The first-order valence-electron chi connectivity index (χ1n) is 6.55. The van der Waals surface area contributed by atoms with Crippen LogP contribution in [0.5, 0.6) is 0 Å². The predicted octanol–water partition coefficient (Wildman–Crippen LogP) is 2.41. The highest BCUT2D eigenvalue weighted by Crippen LogP contribution is 2.20. The third-order valence-corrected chi connectivity index (χ3v) is 3.29. The third kappa shape index (κ3) is 3.54. The Morgan fingerprint density at radius 1 is 1.41 bits per heavy atom. The largest absolute Gasteiger partial charge is 0.379 e. The van der Waals surface area contributed by atoms with Crippen molar-refractivity contribution in [2.45, 2.75) is 39.2 Å². The Balaban J connectivity index is 1.88. The van der Waals surface area contributed by atoms with Gasteiger partial charge in [-0.15, -0.1) is 0 Å². The first-order valence-corrected chi connectivity index (χ1v) is 6.55. The molecule has 0 amide bonds. The zero-order valence-corrected chi connectivity index (χ0v) is 10.8. The SMILES string of the molecule is CCCC(C)c1cc(CN2CCOCC2)on1. The normalized spacial score (nSPS) is 19.4. The fourth-order valence-electron chi connectivity index (χ4n) is 2.20. The average Bonchev–Trinajstić information content (AvgIpc) is 2.79. The van der Waals surface area contributed by atoms with Crippen molar-refractivity contribution in [3.05, 3.63) is 17.5 Å². The average molecular weight is 238 g/mol. The number of ether oxygens (including phenoxy) is 1. The van der Waals surface area contributed by atoms with Crippen molar-refractivity contribution >= 4 is 0 Å². The van der Waals surface area contributed by atoms with Crippen molar-refractivity contribution in [2.24, 2.45) is 0 Å². The lowest BCUT2D eigenvalue weighted by Crippen LogP contribution is -2.35. The maximum atomic E-state index is 5.40.